The number of methoxy groups -OCH3 is 2. The van der Waals surface area contributed by atoms with Crippen molar-refractivity contribution in [2.75, 3.05) is 40.5 Å². The highest BCUT2D eigenvalue weighted by molar-refractivity contribution is 5.87. The van der Waals surface area contributed by atoms with E-state index in [0.717, 1.165) is 12.8 Å². The van der Waals surface area contributed by atoms with Gasteiger partial charge in [0.25, 0.3) is 0 Å². The van der Waals surface area contributed by atoms with Crippen molar-refractivity contribution in [3.63, 3.8) is 0 Å². The van der Waals surface area contributed by atoms with Gasteiger partial charge in [-0.15, -0.1) is 10.2 Å². The molecule has 2 rings (SSSR count). The van der Waals surface area contributed by atoms with Crippen LogP contribution < -0.4 is 14.8 Å². The molecule has 206 valence electrons. The minimum Gasteiger partial charge on any atom is -0.493 e. The number of tetrazole rings is 1. The highest BCUT2D eigenvalue weighted by Gasteiger charge is 2.29. The van der Waals surface area contributed by atoms with Crippen LogP contribution >= 0.6 is 0 Å². The van der Waals surface area contributed by atoms with Gasteiger partial charge in [-0.3, -0.25) is 9.59 Å². The van der Waals surface area contributed by atoms with Crippen LogP contribution in [0.1, 0.15) is 53.4 Å². The predicted octanol–water partition coefficient (Wildman–Crippen LogP) is 2.94. The molecule has 0 aliphatic carbocycles. The van der Waals surface area contributed by atoms with E-state index in [9.17, 15) is 9.59 Å². The van der Waals surface area contributed by atoms with Crippen LogP contribution in [0.15, 0.2) is 18.2 Å². The molecule has 1 aromatic heterocycles. The second kappa shape index (κ2) is 15.8. The summed E-state index contributed by atoms with van der Waals surface area (Å²) in [5, 5.41) is 15.6. The van der Waals surface area contributed by atoms with Crippen molar-refractivity contribution < 1.29 is 23.8 Å². The van der Waals surface area contributed by atoms with Crippen LogP contribution in [0.4, 0.5) is 0 Å². The van der Waals surface area contributed by atoms with E-state index in [-0.39, 0.29) is 18.4 Å². The number of amides is 2. The summed E-state index contributed by atoms with van der Waals surface area (Å²) in [4.78, 5) is 29.4. The molecular weight excluding hydrogens is 476 g/mol. The van der Waals surface area contributed by atoms with Gasteiger partial charge >= 0.3 is 0 Å². The summed E-state index contributed by atoms with van der Waals surface area (Å²) in [5.41, 5.74) is 0.679. The average Bonchev–Trinajstić information content (AvgIpc) is 3.35. The van der Waals surface area contributed by atoms with Crippen LogP contribution in [0.2, 0.25) is 0 Å². The van der Waals surface area contributed by atoms with E-state index >= 15 is 0 Å². The predicted molar refractivity (Wildman–Crippen MR) is 140 cm³/mol. The van der Waals surface area contributed by atoms with Gasteiger partial charge in [0, 0.05) is 31.9 Å². The Bertz CT molecular complexity index is 980. The van der Waals surface area contributed by atoms with E-state index in [2.05, 4.69) is 34.6 Å². The number of carbonyl (C=O) groups excluding carboxylic acids is 2. The molecule has 0 aliphatic rings. The van der Waals surface area contributed by atoms with E-state index in [1.165, 1.54) is 4.80 Å². The molecule has 2 aromatic rings. The highest BCUT2D eigenvalue weighted by atomic mass is 16.5. The van der Waals surface area contributed by atoms with Crippen LogP contribution in [0.3, 0.4) is 0 Å². The molecule has 0 fully saturated rings. The van der Waals surface area contributed by atoms with E-state index in [1.54, 1.807) is 37.3 Å². The maximum Gasteiger partial charge on any atom is 0.246 e. The fourth-order valence-electron chi connectivity index (χ4n) is 3.85. The van der Waals surface area contributed by atoms with Crippen molar-refractivity contribution in [3.05, 3.63) is 18.2 Å². The third kappa shape index (κ3) is 9.31. The molecule has 1 aromatic carbocycles. The Hall–Kier alpha value is -3.21. The van der Waals surface area contributed by atoms with Crippen molar-refractivity contribution in [2.45, 2.75) is 66.0 Å². The molecule has 0 spiro atoms. The van der Waals surface area contributed by atoms with Crippen molar-refractivity contribution in [3.8, 4) is 22.9 Å². The summed E-state index contributed by atoms with van der Waals surface area (Å²) in [5.74, 6) is 1.58. The van der Waals surface area contributed by atoms with Gasteiger partial charge in [-0.25, -0.2) is 0 Å². The molecule has 37 heavy (non-hydrogen) atoms. The van der Waals surface area contributed by atoms with Gasteiger partial charge in [0.05, 0.1) is 14.2 Å². The standard InChI is InChI=1S/C26H42N6O5/c1-7-10-21(26(34)27-14-13-19(3)4)31(15-9-16-37-8-2)24(33)18-32-29-25(28-30-32)20-11-12-22(35-5)23(17-20)36-6/h11-12,17,19,21H,7-10,13-16,18H2,1-6H3,(H,27,34). The summed E-state index contributed by atoms with van der Waals surface area (Å²) >= 11 is 0. The number of benzene rings is 1. The summed E-state index contributed by atoms with van der Waals surface area (Å²) < 4.78 is 16.1. The molecule has 1 heterocycles. The zero-order valence-electron chi connectivity index (χ0n) is 23.0. The first-order valence-corrected chi connectivity index (χ1v) is 13.0. The molecule has 0 aliphatic heterocycles. The lowest BCUT2D eigenvalue weighted by atomic mass is 10.1. The topological polar surface area (TPSA) is 121 Å². The fourth-order valence-corrected chi connectivity index (χ4v) is 3.85. The maximum absolute atomic E-state index is 13.4. The second-order valence-electron chi connectivity index (χ2n) is 9.13. The zero-order chi connectivity index (χ0) is 27.2. The molecule has 0 saturated carbocycles. The molecule has 11 heteroatoms. The van der Waals surface area contributed by atoms with Gasteiger partial charge in [-0.1, -0.05) is 27.2 Å². The molecule has 2 amide bonds. The average molecular weight is 519 g/mol. The van der Waals surface area contributed by atoms with Crippen LogP contribution in [0.5, 0.6) is 11.5 Å². The van der Waals surface area contributed by atoms with E-state index in [1.807, 2.05) is 13.8 Å². The lowest BCUT2D eigenvalue weighted by molar-refractivity contribution is -0.142. The Morgan fingerprint density at radius 1 is 1.11 bits per heavy atom. The summed E-state index contributed by atoms with van der Waals surface area (Å²) in [7, 11) is 3.12. The molecule has 1 N–H and O–H groups in total. The van der Waals surface area contributed by atoms with Gasteiger partial charge in [-0.2, -0.15) is 4.80 Å². The largest absolute Gasteiger partial charge is 0.493 e. The Labute approximate surface area is 219 Å². The Morgan fingerprint density at radius 3 is 2.51 bits per heavy atom. The fraction of sp³-hybridized carbons (Fsp3) is 0.654. The number of aromatic nitrogens is 4. The van der Waals surface area contributed by atoms with Gasteiger partial charge in [0.2, 0.25) is 17.6 Å². The summed E-state index contributed by atoms with van der Waals surface area (Å²) in [6.45, 7) is 10.1. The number of nitrogens with zero attached hydrogens (tertiary/aromatic N) is 5. The minimum absolute atomic E-state index is 0.131. The molecule has 11 nitrogen and oxygen atoms in total. The lowest BCUT2D eigenvalue weighted by Gasteiger charge is -2.31. The monoisotopic (exact) mass is 518 g/mol. The normalized spacial score (nSPS) is 11.9. The third-order valence-corrected chi connectivity index (χ3v) is 5.85. The molecule has 1 atom stereocenters. The molecule has 0 saturated heterocycles. The summed E-state index contributed by atoms with van der Waals surface area (Å²) in [6, 6.07) is 4.73. The number of ether oxygens (including phenoxy) is 3. The van der Waals surface area contributed by atoms with Crippen molar-refractivity contribution >= 4 is 11.8 Å². The van der Waals surface area contributed by atoms with Gasteiger partial charge in [0.1, 0.15) is 12.6 Å². The van der Waals surface area contributed by atoms with Crippen molar-refractivity contribution in [2.24, 2.45) is 5.92 Å². The van der Waals surface area contributed by atoms with Crippen molar-refractivity contribution in [1.82, 2.24) is 30.4 Å². The third-order valence-electron chi connectivity index (χ3n) is 5.85. The first-order valence-electron chi connectivity index (χ1n) is 13.0. The second-order valence-corrected chi connectivity index (χ2v) is 9.13. The van der Waals surface area contributed by atoms with E-state index < -0.39 is 6.04 Å². The van der Waals surface area contributed by atoms with Crippen LogP contribution in [0, 0.1) is 5.92 Å². The highest BCUT2D eigenvalue weighted by Crippen LogP contribution is 2.30. The first kappa shape index (κ1) is 30.0. The number of nitrogens with one attached hydrogen (secondary N) is 1. The molecular formula is C26H42N6O5. The Morgan fingerprint density at radius 2 is 1.86 bits per heavy atom. The SMILES string of the molecule is CCCC(C(=O)NCCC(C)C)N(CCCOCC)C(=O)Cn1nnc(-c2ccc(OC)c(OC)c2)n1. The van der Waals surface area contributed by atoms with Gasteiger partial charge in [-0.05, 0) is 55.5 Å². The van der Waals surface area contributed by atoms with E-state index in [4.69, 9.17) is 14.2 Å². The molecule has 1 unspecified atom stereocenters. The number of hydrogen-bond acceptors (Lipinski definition) is 8. The molecule has 0 radical (unpaired) electrons. The Balaban J connectivity index is 2.19. The maximum atomic E-state index is 13.4. The first-order chi connectivity index (χ1) is 17.8. The van der Waals surface area contributed by atoms with Gasteiger partial charge in [0.15, 0.2) is 11.5 Å². The van der Waals surface area contributed by atoms with Crippen LogP contribution in [-0.2, 0) is 20.9 Å². The van der Waals surface area contributed by atoms with E-state index in [0.29, 0.717) is 67.9 Å². The Kier molecular flexibility index (Phi) is 12.8. The zero-order valence-corrected chi connectivity index (χ0v) is 23.0. The number of rotatable bonds is 17. The smallest absolute Gasteiger partial charge is 0.246 e. The number of hydrogen-bond donors (Lipinski definition) is 1. The van der Waals surface area contributed by atoms with Gasteiger partial charge < -0.3 is 24.4 Å². The minimum atomic E-state index is -0.569. The lowest BCUT2D eigenvalue weighted by Crippen LogP contribution is -2.51. The quantitative estimate of drug-likeness (QED) is 0.317. The van der Waals surface area contributed by atoms with Crippen molar-refractivity contribution in [1.29, 1.82) is 0 Å². The van der Waals surface area contributed by atoms with Crippen LogP contribution in [-0.4, -0.2) is 83.5 Å². The summed E-state index contributed by atoms with van der Waals surface area (Å²) in [6.07, 6.45) is 2.84. The molecule has 0 bridgehead atoms. The number of carbonyl (C=O) groups is 2. The van der Waals surface area contributed by atoms with Crippen LogP contribution in [0.25, 0.3) is 11.4 Å².